The van der Waals surface area contributed by atoms with Gasteiger partial charge in [0, 0.05) is 11.4 Å². The fourth-order valence-electron chi connectivity index (χ4n) is 3.36. The van der Waals surface area contributed by atoms with E-state index in [9.17, 15) is 9.59 Å². The van der Waals surface area contributed by atoms with E-state index in [1.54, 1.807) is 0 Å². The average Bonchev–Trinajstić information content (AvgIpc) is 3.20. The number of carbonyl (C=O) groups excluding carboxylic acids is 2. The van der Waals surface area contributed by atoms with Crippen LogP contribution in [0.3, 0.4) is 0 Å². The lowest BCUT2D eigenvalue weighted by Gasteiger charge is -2.08. The van der Waals surface area contributed by atoms with Crippen molar-refractivity contribution in [3.05, 3.63) is 77.4 Å². The summed E-state index contributed by atoms with van der Waals surface area (Å²) in [5.74, 6) is 0.629. The normalized spacial score (nSPS) is 10.8. The number of fused-ring (bicyclic) bond motifs is 1. The molecule has 4 rings (SSSR count). The van der Waals surface area contributed by atoms with Crippen LogP contribution in [0.1, 0.15) is 16.7 Å². The van der Waals surface area contributed by atoms with Gasteiger partial charge >= 0.3 is 0 Å². The fraction of sp³-hybridized carbons (Fsp3) is 0.192. The van der Waals surface area contributed by atoms with Gasteiger partial charge in [-0.25, -0.2) is 4.98 Å². The zero-order chi connectivity index (χ0) is 24.1. The Morgan fingerprint density at radius 3 is 2.56 bits per heavy atom. The molecule has 0 saturated carbocycles. The molecule has 1 heterocycles. The molecular formula is C26H25N3O3S2. The summed E-state index contributed by atoms with van der Waals surface area (Å²) in [6.07, 6.45) is 0. The predicted octanol–water partition coefficient (Wildman–Crippen LogP) is 5.97. The largest absolute Gasteiger partial charge is 0.484 e. The van der Waals surface area contributed by atoms with Crippen molar-refractivity contribution in [3.63, 3.8) is 0 Å². The molecule has 0 spiro atoms. The number of hydrogen-bond acceptors (Lipinski definition) is 6. The van der Waals surface area contributed by atoms with Gasteiger partial charge in [0.25, 0.3) is 5.91 Å². The molecule has 3 aromatic carbocycles. The molecule has 0 aliphatic carbocycles. The van der Waals surface area contributed by atoms with Crippen molar-refractivity contribution in [3.8, 4) is 5.75 Å². The first kappa shape index (κ1) is 23.8. The predicted molar refractivity (Wildman–Crippen MR) is 140 cm³/mol. The lowest BCUT2D eigenvalue weighted by atomic mass is 10.1. The van der Waals surface area contributed by atoms with E-state index in [-0.39, 0.29) is 24.2 Å². The topological polar surface area (TPSA) is 80.3 Å². The first-order chi connectivity index (χ1) is 16.4. The Hall–Kier alpha value is -3.36. The van der Waals surface area contributed by atoms with Gasteiger partial charge in [-0.3, -0.25) is 9.59 Å². The summed E-state index contributed by atoms with van der Waals surface area (Å²) < 4.78 is 7.30. The van der Waals surface area contributed by atoms with E-state index in [0.29, 0.717) is 11.4 Å². The summed E-state index contributed by atoms with van der Waals surface area (Å²) in [6, 6.07) is 19.1. The summed E-state index contributed by atoms with van der Waals surface area (Å²) in [6.45, 7) is 5.91. The highest BCUT2D eigenvalue weighted by molar-refractivity contribution is 8.01. The number of anilines is 2. The molecule has 0 aliphatic rings. The molecule has 8 heteroatoms. The number of amides is 2. The number of aryl methyl sites for hydroxylation is 3. The standard InChI is InChI=1S/C26H25N3O3S2/c1-16-5-4-6-20(12-16)32-14-24(30)27-19-8-10-22-23(13-19)34-26(29-22)33-15-25(31)28-21-9-7-17(2)11-18(21)3/h4-13H,14-15H2,1-3H3,(H,27,30)(H,28,31). The van der Waals surface area contributed by atoms with E-state index < -0.39 is 0 Å². The maximum Gasteiger partial charge on any atom is 0.262 e. The van der Waals surface area contributed by atoms with E-state index >= 15 is 0 Å². The highest BCUT2D eigenvalue weighted by Gasteiger charge is 2.11. The van der Waals surface area contributed by atoms with Crippen LogP contribution in [0.25, 0.3) is 10.2 Å². The number of nitrogens with one attached hydrogen (secondary N) is 2. The van der Waals surface area contributed by atoms with Crippen molar-refractivity contribution >= 4 is 56.5 Å². The van der Waals surface area contributed by atoms with Crippen LogP contribution in [-0.4, -0.2) is 29.2 Å². The molecule has 2 N–H and O–H groups in total. The second-order valence-electron chi connectivity index (χ2n) is 7.97. The van der Waals surface area contributed by atoms with Gasteiger partial charge in [0.05, 0.1) is 16.0 Å². The summed E-state index contributed by atoms with van der Waals surface area (Å²) in [5, 5.41) is 5.82. The van der Waals surface area contributed by atoms with Crippen molar-refractivity contribution in [2.45, 2.75) is 25.1 Å². The highest BCUT2D eigenvalue weighted by Crippen LogP contribution is 2.31. The minimum atomic E-state index is -0.233. The van der Waals surface area contributed by atoms with Crippen molar-refractivity contribution in [1.82, 2.24) is 4.98 Å². The van der Waals surface area contributed by atoms with Gasteiger partial charge < -0.3 is 15.4 Å². The van der Waals surface area contributed by atoms with Crippen LogP contribution in [0, 0.1) is 20.8 Å². The van der Waals surface area contributed by atoms with Crippen molar-refractivity contribution in [2.75, 3.05) is 23.0 Å². The van der Waals surface area contributed by atoms with Crippen LogP contribution < -0.4 is 15.4 Å². The Kier molecular flexibility index (Phi) is 7.49. The number of benzene rings is 3. The number of thiazole rings is 1. The van der Waals surface area contributed by atoms with Crippen LogP contribution in [-0.2, 0) is 9.59 Å². The van der Waals surface area contributed by atoms with Gasteiger partial charge in [-0.1, -0.05) is 41.6 Å². The second kappa shape index (κ2) is 10.7. The summed E-state index contributed by atoms with van der Waals surface area (Å²) in [7, 11) is 0. The second-order valence-corrected chi connectivity index (χ2v) is 10.2. The maximum absolute atomic E-state index is 12.4. The molecule has 6 nitrogen and oxygen atoms in total. The Morgan fingerprint density at radius 1 is 0.941 bits per heavy atom. The summed E-state index contributed by atoms with van der Waals surface area (Å²) in [5.41, 5.74) is 5.61. The van der Waals surface area contributed by atoms with Crippen LogP contribution in [0.15, 0.2) is 65.0 Å². The molecule has 0 aliphatic heterocycles. The molecule has 0 unspecified atom stereocenters. The Balaban J connectivity index is 1.31. The Bertz CT molecular complexity index is 1350. The highest BCUT2D eigenvalue weighted by atomic mass is 32.2. The number of nitrogens with zero attached hydrogens (tertiary/aromatic N) is 1. The number of rotatable bonds is 8. The quantitative estimate of drug-likeness (QED) is 0.297. The van der Waals surface area contributed by atoms with Crippen molar-refractivity contribution < 1.29 is 14.3 Å². The van der Waals surface area contributed by atoms with Gasteiger partial charge in [-0.2, -0.15) is 0 Å². The molecule has 1 aromatic heterocycles. The van der Waals surface area contributed by atoms with Gasteiger partial charge in [-0.05, 0) is 68.3 Å². The monoisotopic (exact) mass is 491 g/mol. The summed E-state index contributed by atoms with van der Waals surface area (Å²) in [4.78, 5) is 29.3. The first-order valence-corrected chi connectivity index (χ1v) is 12.6. The number of aromatic nitrogens is 1. The van der Waals surface area contributed by atoms with Crippen molar-refractivity contribution in [1.29, 1.82) is 0 Å². The van der Waals surface area contributed by atoms with Crippen molar-refractivity contribution in [2.24, 2.45) is 0 Å². The molecule has 34 heavy (non-hydrogen) atoms. The molecule has 0 saturated heterocycles. The molecule has 2 amide bonds. The van der Waals surface area contributed by atoms with Gasteiger partial charge in [0.1, 0.15) is 5.75 Å². The Morgan fingerprint density at radius 2 is 1.76 bits per heavy atom. The van der Waals surface area contributed by atoms with E-state index in [1.807, 2.05) is 81.4 Å². The average molecular weight is 492 g/mol. The zero-order valence-electron chi connectivity index (χ0n) is 19.2. The van der Waals surface area contributed by atoms with Gasteiger partial charge in [0.15, 0.2) is 10.9 Å². The fourth-order valence-corrected chi connectivity index (χ4v) is 5.27. The lowest BCUT2D eigenvalue weighted by Crippen LogP contribution is -2.20. The smallest absolute Gasteiger partial charge is 0.262 e. The molecule has 0 atom stereocenters. The lowest BCUT2D eigenvalue weighted by molar-refractivity contribution is -0.118. The number of carbonyl (C=O) groups is 2. The van der Waals surface area contributed by atoms with Gasteiger partial charge in [0.2, 0.25) is 5.91 Å². The minimum Gasteiger partial charge on any atom is -0.484 e. The Labute approximate surface area is 206 Å². The van der Waals surface area contributed by atoms with Crippen LogP contribution in [0.5, 0.6) is 5.75 Å². The maximum atomic E-state index is 12.4. The minimum absolute atomic E-state index is 0.0686. The third kappa shape index (κ3) is 6.36. The molecule has 0 fully saturated rings. The van der Waals surface area contributed by atoms with E-state index in [4.69, 9.17) is 4.74 Å². The molecule has 0 radical (unpaired) electrons. The van der Waals surface area contributed by atoms with Crippen LogP contribution in [0.4, 0.5) is 11.4 Å². The van der Waals surface area contributed by atoms with Crippen LogP contribution >= 0.6 is 23.1 Å². The number of ether oxygens (including phenoxy) is 1. The summed E-state index contributed by atoms with van der Waals surface area (Å²) >= 11 is 2.89. The van der Waals surface area contributed by atoms with Gasteiger partial charge in [-0.15, -0.1) is 11.3 Å². The van der Waals surface area contributed by atoms with E-state index in [0.717, 1.165) is 36.9 Å². The third-order valence-corrected chi connectivity index (χ3v) is 7.16. The zero-order valence-corrected chi connectivity index (χ0v) is 20.8. The first-order valence-electron chi connectivity index (χ1n) is 10.8. The van der Waals surface area contributed by atoms with E-state index in [2.05, 4.69) is 15.6 Å². The molecular weight excluding hydrogens is 466 g/mol. The SMILES string of the molecule is Cc1cccc(OCC(=O)Nc2ccc3nc(SCC(=O)Nc4ccc(C)cc4C)sc3c2)c1. The van der Waals surface area contributed by atoms with E-state index in [1.165, 1.54) is 23.1 Å². The number of thioether (sulfide) groups is 1. The number of hydrogen-bond donors (Lipinski definition) is 2. The molecule has 4 aromatic rings. The van der Waals surface area contributed by atoms with Crippen LogP contribution in [0.2, 0.25) is 0 Å². The molecule has 0 bridgehead atoms. The molecule has 174 valence electrons. The third-order valence-electron chi connectivity index (χ3n) is 4.99.